The summed E-state index contributed by atoms with van der Waals surface area (Å²) in [5.74, 6) is 0.761. The average molecular weight is 389 g/mol. The minimum Gasteiger partial charge on any atom is -0.342 e. The van der Waals surface area contributed by atoms with Gasteiger partial charge in [-0.05, 0) is 38.1 Å². The highest BCUT2D eigenvalue weighted by Gasteiger charge is 2.26. The predicted octanol–water partition coefficient (Wildman–Crippen LogP) is 2.66. The van der Waals surface area contributed by atoms with Crippen LogP contribution in [0.25, 0.3) is 10.6 Å². The molecule has 0 spiro atoms. The van der Waals surface area contributed by atoms with E-state index >= 15 is 0 Å². The van der Waals surface area contributed by atoms with Gasteiger partial charge >= 0.3 is 0 Å². The highest BCUT2D eigenvalue weighted by atomic mass is 35.5. The monoisotopic (exact) mass is 388 g/mol. The van der Waals surface area contributed by atoms with Gasteiger partial charge in [-0.2, -0.15) is 0 Å². The number of hydrogen-bond donors (Lipinski definition) is 1. The van der Waals surface area contributed by atoms with Crippen LogP contribution in [0.3, 0.4) is 0 Å². The maximum Gasteiger partial charge on any atom is 0.228 e. The second-order valence-electron chi connectivity index (χ2n) is 5.61. The standard InChI is InChI=1S/C16H20N4OS.2ClH/c1-17-8-12-4-6-20(10-12)15(21)7-14-11-22-16(19-14)13-3-2-5-18-9-13;;/h2-3,5,9,11-12,17H,4,6-8,10H2,1H3;2*1H. The molecule has 0 saturated carbocycles. The number of carbonyl (C=O) groups excluding carboxylic acids is 1. The molecule has 1 saturated heterocycles. The molecule has 3 heterocycles. The van der Waals surface area contributed by atoms with Gasteiger partial charge in [0.05, 0.1) is 12.1 Å². The number of pyridine rings is 1. The van der Waals surface area contributed by atoms with Gasteiger partial charge in [0.1, 0.15) is 5.01 Å². The Bertz CT molecular complexity index is 638. The van der Waals surface area contributed by atoms with E-state index in [0.29, 0.717) is 12.3 Å². The van der Waals surface area contributed by atoms with Crippen molar-refractivity contribution in [1.82, 2.24) is 20.2 Å². The number of rotatable bonds is 5. The lowest BCUT2D eigenvalue weighted by atomic mass is 10.1. The maximum atomic E-state index is 12.4. The molecule has 1 aliphatic heterocycles. The summed E-state index contributed by atoms with van der Waals surface area (Å²) in [4.78, 5) is 23.0. The van der Waals surface area contributed by atoms with Crippen LogP contribution in [-0.4, -0.2) is 47.5 Å². The van der Waals surface area contributed by atoms with Gasteiger partial charge in [-0.1, -0.05) is 0 Å². The molecular formula is C16H22Cl2N4OS. The normalized spacial score (nSPS) is 16.4. The Kier molecular flexibility index (Phi) is 8.62. The summed E-state index contributed by atoms with van der Waals surface area (Å²) < 4.78 is 0. The summed E-state index contributed by atoms with van der Waals surface area (Å²) in [6, 6.07) is 3.88. The number of aromatic nitrogens is 2. The van der Waals surface area contributed by atoms with Gasteiger partial charge in [-0.15, -0.1) is 36.2 Å². The summed E-state index contributed by atoms with van der Waals surface area (Å²) in [5.41, 5.74) is 1.85. The van der Waals surface area contributed by atoms with Crippen LogP contribution in [-0.2, 0) is 11.2 Å². The molecule has 0 bridgehead atoms. The number of nitrogens with one attached hydrogen (secondary N) is 1. The quantitative estimate of drug-likeness (QED) is 0.854. The van der Waals surface area contributed by atoms with Crippen molar-refractivity contribution in [3.63, 3.8) is 0 Å². The summed E-state index contributed by atoms with van der Waals surface area (Å²) in [7, 11) is 1.96. The number of hydrogen-bond acceptors (Lipinski definition) is 5. The first kappa shape index (κ1) is 20.8. The SMILES string of the molecule is CNCC1CCN(C(=O)Cc2csc(-c3cccnc3)n2)C1.Cl.Cl. The molecule has 0 aliphatic carbocycles. The molecule has 2 aromatic rings. The first-order valence-corrected chi connectivity index (χ1v) is 8.41. The summed E-state index contributed by atoms with van der Waals surface area (Å²) in [5, 5.41) is 6.08. The van der Waals surface area contributed by atoms with E-state index in [0.717, 1.165) is 42.3 Å². The fourth-order valence-electron chi connectivity index (χ4n) is 2.79. The van der Waals surface area contributed by atoms with Crippen LogP contribution >= 0.6 is 36.2 Å². The smallest absolute Gasteiger partial charge is 0.228 e. The first-order valence-electron chi connectivity index (χ1n) is 7.53. The van der Waals surface area contributed by atoms with Crippen LogP contribution in [0.15, 0.2) is 29.9 Å². The van der Waals surface area contributed by atoms with E-state index in [1.807, 2.05) is 29.5 Å². The topological polar surface area (TPSA) is 58.1 Å². The second kappa shape index (κ2) is 9.93. The molecule has 132 valence electrons. The van der Waals surface area contributed by atoms with Crippen molar-refractivity contribution in [2.75, 3.05) is 26.7 Å². The third kappa shape index (κ3) is 5.14. The zero-order chi connectivity index (χ0) is 15.4. The molecule has 1 atom stereocenters. The lowest BCUT2D eigenvalue weighted by Crippen LogP contribution is -2.31. The lowest BCUT2D eigenvalue weighted by Gasteiger charge is -2.15. The van der Waals surface area contributed by atoms with E-state index in [2.05, 4.69) is 15.3 Å². The fraction of sp³-hybridized carbons (Fsp3) is 0.438. The van der Waals surface area contributed by atoms with Crippen LogP contribution in [0.4, 0.5) is 0 Å². The molecule has 1 N–H and O–H groups in total. The van der Waals surface area contributed by atoms with Crippen molar-refractivity contribution < 1.29 is 4.79 Å². The molecule has 1 unspecified atom stereocenters. The van der Waals surface area contributed by atoms with E-state index in [4.69, 9.17) is 0 Å². The van der Waals surface area contributed by atoms with Crippen molar-refractivity contribution in [2.45, 2.75) is 12.8 Å². The minimum atomic E-state index is 0. The van der Waals surface area contributed by atoms with Gasteiger partial charge in [-0.25, -0.2) is 4.98 Å². The van der Waals surface area contributed by atoms with Gasteiger partial charge in [0.15, 0.2) is 0 Å². The van der Waals surface area contributed by atoms with E-state index in [-0.39, 0.29) is 30.7 Å². The Balaban J connectivity index is 0.00000144. The van der Waals surface area contributed by atoms with Crippen molar-refractivity contribution >= 4 is 42.1 Å². The zero-order valence-corrected chi connectivity index (χ0v) is 15.9. The number of likely N-dealkylation sites (tertiary alicyclic amines) is 1. The zero-order valence-electron chi connectivity index (χ0n) is 13.5. The molecular weight excluding hydrogens is 367 g/mol. The highest BCUT2D eigenvalue weighted by Crippen LogP contribution is 2.23. The van der Waals surface area contributed by atoms with Crippen LogP contribution in [0.1, 0.15) is 12.1 Å². The van der Waals surface area contributed by atoms with E-state index in [1.165, 1.54) is 0 Å². The molecule has 8 heteroatoms. The van der Waals surface area contributed by atoms with Crippen LogP contribution < -0.4 is 5.32 Å². The minimum absolute atomic E-state index is 0. The number of amides is 1. The Morgan fingerprint density at radius 2 is 2.29 bits per heavy atom. The molecule has 1 aliphatic rings. The summed E-state index contributed by atoms with van der Waals surface area (Å²) >= 11 is 1.56. The van der Waals surface area contributed by atoms with Gasteiger partial charge in [-0.3, -0.25) is 9.78 Å². The fourth-order valence-corrected chi connectivity index (χ4v) is 3.60. The average Bonchev–Trinajstić information content (AvgIpc) is 3.18. The molecule has 0 aromatic carbocycles. The Morgan fingerprint density at radius 1 is 1.46 bits per heavy atom. The van der Waals surface area contributed by atoms with E-state index in [9.17, 15) is 4.79 Å². The highest BCUT2D eigenvalue weighted by molar-refractivity contribution is 7.13. The number of thiazole rings is 1. The van der Waals surface area contributed by atoms with Crippen LogP contribution in [0.2, 0.25) is 0 Å². The first-order chi connectivity index (χ1) is 10.8. The summed E-state index contributed by atoms with van der Waals surface area (Å²) in [6.07, 6.45) is 5.03. The van der Waals surface area contributed by atoms with Crippen molar-refractivity contribution in [3.8, 4) is 10.6 Å². The number of carbonyl (C=O) groups is 1. The number of nitrogens with zero attached hydrogens (tertiary/aromatic N) is 3. The van der Waals surface area contributed by atoms with Gasteiger partial charge < -0.3 is 10.2 Å². The molecule has 1 amide bonds. The Labute approximate surface area is 158 Å². The van der Waals surface area contributed by atoms with Gasteiger partial charge in [0, 0.05) is 36.4 Å². The van der Waals surface area contributed by atoms with Gasteiger partial charge in [0.25, 0.3) is 0 Å². The van der Waals surface area contributed by atoms with E-state index < -0.39 is 0 Å². The van der Waals surface area contributed by atoms with E-state index in [1.54, 1.807) is 23.7 Å². The third-order valence-electron chi connectivity index (χ3n) is 3.92. The van der Waals surface area contributed by atoms with Crippen molar-refractivity contribution in [2.24, 2.45) is 5.92 Å². The molecule has 0 radical (unpaired) electrons. The molecule has 1 fully saturated rings. The van der Waals surface area contributed by atoms with Gasteiger partial charge in [0.2, 0.25) is 5.91 Å². The van der Waals surface area contributed by atoms with Crippen molar-refractivity contribution in [3.05, 3.63) is 35.6 Å². The molecule has 24 heavy (non-hydrogen) atoms. The Morgan fingerprint density at radius 3 is 3.00 bits per heavy atom. The third-order valence-corrected chi connectivity index (χ3v) is 4.86. The largest absolute Gasteiger partial charge is 0.342 e. The molecule has 3 rings (SSSR count). The predicted molar refractivity (Wildman–Crippen MR) is 102 cm³/mol. The molecule has 5 nitrogen and oxygen atoms in total. The maximum absolute atomic E-state index is 12.4. The molecule has 2 aromatic heterocycles. The Hall–Kier alpha value is -1.21. The lowest BCUT2D eigenvalue weighted by molar-refractivity contribution is -0.129. The number of halogens is 2. The van der Waals surface area contributed by atoms with Crippen LogP contribution in [0, 0.1) is 5.92 Å². The summed E-state index contributed by atoms with van der Waals surface area (Å²) in [6.45, 7) is 2.70. The van der Waals surface area contributed by atoms with Crippen LogP contribution in [0.5, 0.6) is 0 Å². The van der Waals surface area contributed by atoms with Crippen molar-refractivity contribution in [1.29, 1.82) is 0 Å². The second-order valence-corrected chi connectivity index (χ2v) is 6.47.